The van der Waals surface area contributed by atoms with Crippen molar-refractivity contribution in [2.75, 3.05) is 13.1 Å². The van der Waals surface area contributed by atoms with Crippen LogP contribution in [-0.2, 0) is 0 Å². The van der Waals surface area contributed by atoms with Crippen LogP contribution in [0.25, 0.3) is 10.2 Å². The lowest BCUT2D eigenvalue weighted by Gasteiger charge is -2.32. The molecule has 0 spiro atoms. The molecule has 1 unspecified atom stereocenters. The average molecular weight is 350 g/mol. The van der Waals surface area contributed by atoms with Crippen LogP contribution in [0.3, 0.4) is 0 Å². The van der Waals surface area contributed by atoms with Gasteiger partial charge in [0.05, 0.1) is 15.7 Å². The summed E-state index contributed by atoms with van der Waals surface area (Å²) in [5, 5.41) is 0. The standard InChI is InChI=1S/C20H18N2O2S/c23-19(14-5-2-1-3-6-14)16-7-4-10-22(12-16)20(24)15-8-9-18-17(11-15)21-13-25-18/h1-3,5-6,8-9,11,13,16H,4,7,10,12H2. The van der Waals surface area contributed by atoms with Crippen molar-refractivity contribution >= 4 is 33.2 Å². The summed E-state index contributed by atoms with van der Waals surface area (Å²) < 4.78 is 1.08. The fraction of sp³-hybridized carbons (Fsp3) is 0.250. The molecule has 0 saturated carbocycles. The molecule has 0 radical (unpaired) electrons. The molecule has 1 fully saturated rings. The Kier molecular flexibility index (Phi) is 4.32. The number of likely N-dealkylation sites (tertiary alicyclic amines) is 1. The molecule has 3 aromatic rings. The monoisotopic (exact) mass is 350 g/mol. The first-order valence-corrected chi connectivity index (χ1v) is 9.32. The molecule has 0 aliphatic carbocycles. The van der Waals surface area contributed by atoms with E-state index in [0.29, 0.717) is 18.7 Å². The van der Waals surface area contributed by atoms with Crippen LogP contribution >= 0.6 is 11.3 Å². The molecule has 1 aliphatic rings. The van der Waals surface area contributed by atoms with Gasteiger partial charge in [0.15, 0.2) is 5.78 Å². The number of ketones is 1. The molecule has 5 heteroatoms. The average Bonchev–Trinajstić information content (AvgIpc) is 3.15. The van der Waals surface area contributed by atoms with Gasteiger partial charge >= 0.3 is 0 Å². The van der Waals surface area contributed by atoms with E-state index in [1.807, 2.05) is 53.4 Å². The lowest BCUT2D eigenvalue weighted by atomic mass is 9.89. The number of hydrogen-bond acceptors (Lipinski definition) is 4. The number of nitrogens with zero attached hydrogens (tertiary/aromatic N) is 2. The van der Waals surface area contributed by atoms with Crippen LogP contribution in [0.5, 0.6) is 0 Å². The van der Waals surface area contributed by atoms with Crippen LogP contribution in [0.1, 0.15) is 33.6 Å². The number of aromatic nitrogens is 1. The Morgan fingerprint density at radius 1 is 1.08 bits per heavy atom. The molecule has 2 heterocycles. The van der Waals surface area contributed by atoms with Crippen LogP contribution in [-0.4, -0.2) is 34.7 Å². The van der Waals surface area contributed by atoms with E-state index >= 15 is 0 Å². The number of amides is 1. The van der Waals surface area contributed by atoms with E-state index in [9.17, 15) is 9.59 Å². The lowest BCUT2D eigenvalue weighted by molar-refractivity contribution is 0.0637. The van der Waals surface area contributed by atoms with E-state index in [1.165, 1.54) is 0 Å². The van der Waals surface area contributed by atoms with Gasteiger partial charge in [0.1, 0.15) is 0 Å². The van der Waals surface area contributed by atoms with Gasteiger partial charge in [-0.3, -0.25) is 9.59 Å². The second kappa shape index (κ2) is 6.76. The van der Waals surface area contributed by atoms with Crippen molar-refractivity contribution in [2.24, 2.45) is 5.92 Å². The number of carbonyl (C=O) groups excluding carboxylic acids is 2. The Morgan fingerprint density at radius 2 is 1.92 bits per heavy atom. The first kappa shape index (κ1) is 16.0. The molecule has 2 aromatic carbocycles. The first-order valence-electron chi connectivity index (χ1n) is 8.44. The minimum absolute atomic E-state index is 0.0135. The number of benzene rings is 2. The van der Waals surface area contributed by atoms with E-state index < -0.39 is 0 Å². The lowest BCUT2D eigenvalue weighted by Crippen LogP contribution is -2.42. The summed E-state index contributed by atoms with van der Waals surface area (Å²) in [5.74, 6) is -0.00313. The maximum absolute atomic E-state index is 12.9. The zero-order valence-corrected chi connectivity index (χ0v) is 14.5. The topological polar surface area (TPSA) is 50.3 Å². The Balaban J connectivity index is 1.52. The maximum Gasteiger partial charge on any atom is 0.253 e. The van der Waals surface area contributed by atoms with Crippen molar-refractivity contribution in [2.45, 2.75) is 12.8 Å². The number of fused-ring (bicyclic) bond motifs is 1. The number of carbonyl (C=O) groups is 2. The molecule has 0 bridgehead atoms. The van der Waals surface area contributed by atoms with Gasteiger partial charge < -0.3 is 4.90 Å². The summed E-state index contributed by atoms with van der Waals surface area (Å²) in [6.45, 7) is 1.19. The smallest absolute Gasteiger partial charge is 0.253 e. The molecular formula is C20H18N2O2S. The zero-order chi connectivity index (χ0) is 17.2. The Morgan fingerprint density at radius 3 is 2.76 bits per heavy atom. The molecule has 1 aliphatic heterocycles. The van der Waals surface area contributed by atoms with E-state index in [-0.39, 0.29) is 17.6 Å². The third kappa shape index (κ3) is 3.20. The predicted octanol–water partition coefficient (Wildman–Crippen LogP) is 4.03. The van der Waals surface area contributed by atoms with Gasteiger partial charge in [-0.2, -0.15) is 0 Å². The van der Waals surface area contributed by atoms with Gasteiger partial charge in [-0.15, -0.1) is 11.3 Å². The summed E-state index contributed by atoms with van der Waals surface area (Å²) in [7, 11) is 0. The van der Waals surface area contributed by atoms with E-state index in [4.69, 9.17) is 0 Å². The third-order valence-corrected chi connectivity index (χ3v) is 5.53. The fourth-order valence-electron chi connectivity index (χ4n) is 3.39. The van der Waals surface area contributed by atoms with Crippen LogP contribution in [0.2, 0.25) is 0 Å². The molecule has 25 heavy (non-hydrogen) atoms. The molecule has 1 atom stereocenters. The quantitative estimate of drug-likeness (QED) is 0.670. The molecule has 0 N–H and O–H groups in total. The predicted molar refractivity (Wildman–Crippen MR) is 99.0 cm³/mol. The molecular weight excluding hydrogens is 332 g/mol. The summed E-state index contributed by atoms with van der Waals surface area (Å²) in [6.07, 6.45) is 1.69. The Labute approximate surface area is 150 Å². The van der Waals surface area contributed by atoms with Crippen LogP contribution in [0.4, 0.5) is 0 Å². The van der Waals surface area contributed by atoms with E-state index in [0.717, 1.165) is 28.6 Å². The van der Waals surface area contributed by atoms with Gasteiger partial charge in [0.2, 0.25) is 0 Å². The number of Topliss-reactive ketones (excluding diaryl/α,β-unsaturated/α-hetero) is 1. The van der Waals surface area contributed by atoms with Gasteiger partial charge in [-0.25, -0.2) is 4.98 Å². The van der Waals surface area contributed by atoms with Crippen molar-refractivity contribution < 1.29 is 9.59 Å². The highest BCUT2D eigenvalue weighted by atomic mass is 32.1. The van der Waals surface area contributed by atoms with Crippen molar-refractivity contribution in [1.29, 1.82) is 0 Å². The third-order valence-electron chi connectivity index (χ3n) is 4.72. The molecule has 4 rings (SSSR count). The first-order chi connectivity index (χ1) is 12.2. The molecule has 126 valence electrons. The van der Waals surface area contributed by atoms with Crippen molar-refractivity contribution in [3.8, 4) is 0 Å². The minimum atomic E-state index is -0.122. The second-order valence-corrected chi connectivity index (χ2v) is 7.24. The summed E-state index contributed by atoms with van der Waals surface area (Å²) in [5.41, 5.74) is 4.01. The highest BCUT2D eigenvalue weighted by Gasteiger charge is 2.29. The van der Waals surface area contributed by atoms with Crippen LogP contribution in [0.15, 0.2) is 54.0 Å². The molecule has 1 aromatic heterocycles. The fourth-order valence-corrected chi connectivity index (χ4v) is 4.05. The normalized spacial score (nSPS) is 17.6. The Hall–Kier alpha value is -2.53. The number of rotatable bonds is 3. The van der Waals surface area contributed by atoms with Gasteiger partial charge in [-0.1, -0.05) is 30.3 Å². The second-order valence-electron chi connectivity index (χ2n) is 6.36. The van der Waals surface area contributed by atoms with Crippen molar-refractivity contribution in [3.63, 3.8) is 0 Å². The van der Waals surface area contributed by atoms with Crippen LogP contribution < -0.4 is 0 Å². The maximum atomic E-state index is 12.9. The largest absolute Gasteiger partial charge is 0.338 e. The van der Waals surface area contributed by atoms with Gasteiger partial charge in [-0.05, 0) is 31.0 Å². The highest BCUT2D eigenvalue weighted by molar-refractivity contribution is 7.16. The number of piperidine rings is 1. The van der Waals surface area contributed by atoms with Crippen molar-refractivity contribution in [3.05, 3.63) is 65.2 Å². The Bertz CT molecular complexity index is 920. The highest BCUT2D eigenvalue weighted by Crippen LogP contribution is 2.24. The van der Waals surface area contributed by atoms with Crippen molar-refractivity contribution in [1.82, 2.24) is 9.88 Å². The summed E-state index contributed by atoms with van der Waals surface area (Å²) in [4.78, 5) is 31.6. The SMILES string of the molecule is O=C(c1ccccc1)C1CCCN(C(=O)c2ccc3scnc3c2)C1. The minimum Gasteiger partial charge on any atom is -0.338 e. The van der Waals surface area contributed by atoms with Gasteiger partial charge in [0, 0.05) is 30.1 Å². The molecule has 1 saturated heterocycles. The summed E-state index contributed by atoms with van der Waals surface area (Å²) in [6, 6.07) is 15.0. The zero-order valence-electron chi connectivity index (χ0n) is 13.7. The molecule has 1 amide bonds. The van der Waals surface area contributed by atoms with Gasteiger partial charge in [0.25, 0.3) is 5.91 Å². The van der Waals surface area contributed by atoms with Crippen LogP contribution in [0, 0.1) is 5.92 Å². The number of thiazole rings is 1. The van der Waals surface area contributed by atoms with E-state index in [2.05, 4.69) is 4.98 Å². The molecule has 4 nitrogen and oxygen atoms in total. The number of hydrogen-bond donors (Lipinski definition) is 0. The van der Waals surface area contributed by atoms with E-state index in [1.54, 1.807) is 16.8 Å². The summed E-state index contributed by atoms with van der Waals surface area (Å²) >= 11 is 1.56.